The van der Waals surface area contributed by atoms with Gasteiger partial charge in [0.2, 0.25) is 5.91 Å². The molecule has 1 saturated heterocycles. The summed E-state index contributed by atoms with van der Waals surface area (Å²) in [7, 11) is 0. The number of ether oxygens (including phenoxy) is 1. The predicted octanol–water partition coefficient (Wildman–Crippen LogP) is 3.16. The van der Waals surface area contributed by atoms with E-state index in [9.17, 15) is 9.59 Å². The maximum Gasteiger partial charge on any atom is 0.410 e. The summed E-state index contributed by atoms with van der Waals surface area (Å²) >= 11 is 6.16. The number of amides is 2. The summed E-state index contributed by atoms with van der Waals surface area (Å²) < 4.78 is 5.44. The van der Waals surface area contributed by atoms with Crippen LogP contribution in [-0.2, 0) is 16.1 Å². The number of rotatable bonds is 4. The number of benzene rings is 1. The summed E-state index contributed by atoms with van der Waals surface area (Å²) in [6.45, 7) is 10.9. The molecule has 0 saturated carbocycles. The highest BCUT2D eigenvalue weighted by molar-refractivity contribution is 6.30. The van der Waals surface area contributed by atoms with Gasteiger partial charge in [-0.3, -0.25) is 4.79 Å². The molecule has 1 aromatic carbocycles. The minimum Gasteiger partial charge on any atom is -0.444 e. The van der Waals surface area contributed by atoms with Gasteiger partial charge < -0.3 is 14.5 Å². The second kappa shape index (κ2) is 9.68. The fourth-order valence-electron chi connectivity index (χ4n) is 3.45. The standard InChI is InChI=1S/C22H29ClN6O3/c1-15-13-27(21(31)32-22(3,4)5)10-11-28(15)20(30)9-7-17-6-8-19(23)12-18(17)14-29-25-16(2)24-26-29/h6-9,12,15H,10-11,13-14H2,1-5H3/t15-/m1/s1. The van der Waals surface area contributed by atoms with E-state index >= 15 is 0 Å². The Labute approximate surface area is 193 Å². The number of carbonyl (C=O) groups is 2. The third kappa shape index (κ3) is 6.29. The molecule has 2 aromatic rings. The van der Waals surface area contributed by atoms with Gasteiger partial charge in [-0.1, -0.05) is 17.7 Å². The highest BCUT2D eigenvalue weighted by Crippen LogP contribution is 2.20. The second-order valence-corrected chi connectivity index (χ2v) is 9.29. The molecule has 0 aliphatic carbocycles. The van der Waals surface area contributed by atoms with Crippen molar-refractivity contribution in [2.75, 3.05) is 19.6 Å². The van der Waals surface area contributed by atoms with Gasteiger partial charge >= 0.3 is 6.09 Å². The maximum atomic E-state index is 12.9. The summed E-state index contributed by atoms with van der Waals surface area (Å²) in [6, 6.07) is 5.33. The van der Waals surface area contributed by atoms with Crippen molar-refractivity contribution in [3.8, 4) is 0 Å². The molecule has 1 atom stereocenters. The summed E-state index contributed by atoms with van der Waals surface area (Å²) in [6.07, 6.45) is 2.96. The summed E-state index contributed by atoms with van der Waals surface area (Å²) in [5, 5.41) is 12.7. The number of aryl methyl sites for hydroxylation is 1. The molecule has 3 rings (SSSR count). The monoisotopic (exact) mass is 460 g/mol. The van der Waals surface area contributed by atoms with Crippen molar-refractivity contribution in [1.82, 2.24) is 30.0 Å². The molecule has 0 unspecified atom stereocenters. The third-order valence-corrected chi connectivity index (χ3v) is 5.17. The molecule has 1 aliphatic rings. The van der Waals surface area contributed by atoms with E-state index < -0.39 is 5.60 Å². The van der Waals surface area contributed by atoms with Crippen molar-refractivity contribution in [3.63, 3.8) is 0 Å². The second-order valence-electron chi connectivity index (χ2n) is 8.85. The number of halogens is 1. The molecular formula is C22H29ClN6O3. The van der Waals surface area contributed by atoms with Crippen LogP contribution in [0, 0.1) is 6.92 Å². The fourth-order valence-corrected chi connectivity index (χ4v) is 3.65. The van der Waals surface area contributed by atoms with Crippen LogP contribution in [-0.4, -0.2) is 73.3 Å². The maximum absolute atomic E-state index is 12.9. The number of piperazine rings is 1. The summed E-state index contributed by atoms with van der Waals surface area (Å²) in [4.78, 5) is 30.1. The van der Waals surface area contributed by atoms with Gasteiger partial charge in [0.05, 0.1) is 6.54 Å². The normalized spacial score (nSPS) is 17.1. The average molecular weight is 461 g/mol. The Bertz CT molecular complexity index is 1010. The molecule has 0 spiro atoms. The Morgan fingerprint density at radius 2 is 2.03 bits per heavy atom. The molecule has 0 bridgehead atoms. The molecule has 2 amide bonds. The Morgan fingerprint density at radius 3 is 2.66 bits per heavy atom. The van der Waals surface area contributed by atoms with Gasteiger partial charge in [-0.15, -0.1) is 10.2 Å². The van der Waals surface area contributed by atoms with Crippen LogP contribution in [0.4, 0.5) is 4.79 Å². The van der Waals surface area contributed by atoms with Crippen LogP contribution in [0.15, 0.2) is 24.3 Å². The number of hydrogen-bond acceptors (Lipinski definition) is 6. The van der Waals surface area contributed by atoms with Crippen LogP contribution in [0.1, 0.15) is 44.6 Å². The lowest BCUT2D eigenvalue weighted by molar-refractivity contribution is -0.130. The van der Waals surface area contributed by atoms with Crippen molar-refractivity contribution >= 4 is 29.7 Å². The highest BCUT2D eigenvalue weighted by Gasteiger charge is 2.31. The smallest absolute Gasteiger partial charge is 0.410 e. The van der Waals surface area contributed by atoms with Crippen molar-refractivity contribution in [2.45, 2.75) is 52.8 Å². The van der Waals surface area contributed by atoms with Gasteiger partial charge in [-0.05, 0) is 69.2 Å². The topological polar surface area (TPSA) is 93.5 Å². The quantitative estimate of drug-likeness (QED) is 0.650. The van der Waals surface area contributed by atoms with Crippen LogP contribution in [0.25, 0.3) is 6.08 Å². The Morgan fingerprint density at radius 1 is 1.28 bits per heavy atom. The van der Waals surface area contributed by atoms with Crippen molar-refractivity contribution < 1.29 is 14.3 Å². The summed E-state index contributed by atoms with van der Waals surface area (Å²) in [5.41, 5.74) is 1.17. The van der Waals surface area contributed by atoms with E-state index in [2.05, 4.69) is 15.4 Å². The number of nitrogens with zero attached hydrogens (tertiary/aromatic N) is 6. The molecule has 32 heavy (non-hydrogen) atoms. The molecule has 10 heteroatoms. The molecule has 1 fully saturated rings. The predicted molar refractivity (Wildman–Crippen MR) is 121 cm³/mol. The van der Waals surface area contributed by atoms with E-state index in [0.29, 0.717) is 37.0 Å². The third-order valence-electron chi connectivity index (χ3n) is 4.94. The lowest BCUT2D eigenvalue weighted by Gasteiger charge is -2.39. The molecule has 0 N–H and O–H groups in total. The molecule has 9 nitrogen and oxygen atoms in total. The van der Waals surface area contributed by atoms with Gasteiger partial charge in [0, 0.05) is 36.8 Å². The van der Waals surface area contributed by atoms with Gasteiger partial charge in [0.1, 0.15) is 5.60 Å². The molecule has 172 valence electrons. The molecule has 0 radical (unpaired) electrons. The number of carbonyl (C=O) groups excluding carboxylic acids is 2. The first-order chi connectivity index (χ1) is 15.0. The van der Waals surface area contributed by atoms with Crippen molar-refractivity contribution in [3.05, 3.63) is 46.2 Å². The number of tetrazole rings is 1. The minimum atomic E-state index is -0.549. The van der Waals surface area contributed by atoms with E-state index in [-0.39, 0.29) is 18.0 Å². The average Bonchev–Trinajstić information content (AvgIpc) is 3.10. The van der Waals surface area contributed by atoms with E-state index in [1.54, 1.807) is 34.9 Å². The number of hydrogen-bond donors (Lipinski definition) is 0. The SMILES string of the molecule is Cc1nnn(Cc2cc(Cl)ccc2C=CC(=O)N2CCN(C(=O)OC(C)(C)C)C[C@H]2C)n1. The summed E-state index contributed by atoms with van der Waals surface area (Å²) in [5.74, 6) is 0.468. The molecule has 1 aromatic heterocycles. The number of aromatic nitrogens is 4. The Kier molecular flexibility index (Phi) is 7.18. The largest absolute Gasteiger partial charge is 0.444 e. The van der Waals surface area contributed by atoms with Crippen LogP contribution in [0.5, 0.6) is 0 Å². The zero-order chi connectivity index (χ0) is 23.5. The van der Waals surface area contributed by atoms with Crippen LogP contribution >= 0.6 is 11.6 Å². The van der Waals surface area contributed by atoms with E-state index in [1.807, 2.05) is 39.8 Å². The van der Waals surface area contributed by atoms with Crippen molar-refractivity contribution in [2.24, 2.45) is 0 Å². The van der Waals surface area contributed by atoms with Gasteiger partial charge in [0.25, 0.3) is 0 Å². The molecule has 2 heterocycles. The Hall–Kier alpha value is -2.94. The van der Waals surface area contributed by atoms with Crippen LogP contribution in [0.2, 0.25) is 5.02 Å². The van der Waals surface area contributed by atoms with E-state index in [0.717, 1.165) is 11.1 Å². The van der Waals surface area contributed by atoms with Crippen LogP contribution in [0.3, 0.4) is 0 Å². The van der Waals surface area contributed by atoms with E-state index in [4.69, 9.17) is 16.3 Å². The van der Waals surface area contributed by atoms with Crippen molar-refractivity contribution in [1.29, 1.82) is 0 Å². The lowest BCUT2D eigenvalue weighted by atomic mass is 10.1. The van der Waals surface area contributed by atoms with Gasteiger partial charge in [0.15, 0.2) is 5.82 Å². The first kappa shape index (κ1) is 23.7. The molecule has 1 aliphatic heterocycles. The van der Waals surface area contributed by atoms with Crippen LogP contribution < -0.4 is 0 Å². The molecular weight excluding hydrogens is 432 g/mol. The zero-order valence-electron chi connectivity index (χ0n) is 19.1. The van der Waals surface area contributed by atoms with Gasteiger partial charge in [-0.25, -0.2) is 4.79 Å². The first-order valence-electron chi connectivity index (χ1n) is 10.5. The lowest BCUT2D eigenvalue weighted by Crippen LogP contribution is -2.55. The zero-order valence-corrected chi connectivity index (χ0v) is 19.8. The van der Waals surface area contributed by atoms with E-state index in [1.165, 1.54) is 4.80 Å². The first-order valence-corrected chi connectivity index (χ1v) is 10.9. The highest BCUT2D eigenvalue weighted by atomic mass is 35.5. The minimum absolute atomic E-state index is 0.114. The van der Waals surface area contributed by atoms with Gasteiger partial charge in [-0.2, -0.15) is 4.80 Å². The fraction of sp³-hybridized carbons (Fsp3) is 0.500. The Balaban J connectivity index is 1.66.